The lowest BCUT2D eigenvalue weighted by Crippen LogP contribution is -2.43. The first-order valence-electron chi connectivity index (χ1n) is 8.89. The lowest BCUT2D eigenvalue weighted by Gasteiger charge is -2.34. The van der Waals surface area contributed by atoms with Gasteiger partial charge in [0.1, 0.15) is 0 Å². The first-order valence-corrected chi connectivity index (χ1v) is 10.8. The Morgan fingerprint density at radius 2 is 1.63 bits per heavy atom. The zero-order valence-corrected chi connectivity index (χ0v) is 16.3. The Labute approximate surface area is 160 Å². The number of rotatable bonds is 5. The normalized spacial score (nSPS) is 15.3. The monoisotopic (exact) mass is 388 g/mol. The first-order chi connectivity index (χ1) is 12.8. The van der Waals surface area contributed by atoms with Crippen LogP contribution in [0.15, 0.2) is 48.5 Å². The Balaban J connectivity index is 1.91. The molecule has 1 aliphatic heterocycles. The quantitative estimate of drug-likeness (QED) is 0.853. The number of ether oxygens (including phenoxy) is 1. The molecule has 7 heteroatoms. The van der Waals surface area contributed by atoms with Crippen LogP contribution in [-0.4, -0.2) is 39.8 Å². The van der Waals surface area contributed by atoms with Gasteiger partial charge in [0, 0.05) is 36.2 Å². The van der Waals surface area contributed by atoms with Gasteiger partial charge < -0.3 is 9.64 Å². The number of sulfonamides is 1. The molecule has 0 saturated carbocycles. The van der Waals surface area contributed by atoms with Gasteiger partial charge in [0.05, 0.1) is 6.26 Å². The number of carbonyl (C=O) groups excluding carboxylic acids is 1. The molecule has 3 rings (SSSR count). The molecule has 2 aromatic rings. The van der Waals surface area contributed by atoms with Crippen LogP contribution in [0.3, 0.4) is 0 Å². The molecule has 0 atom stereocenters. The second-order valence-corrected chi connectivity index (χ2v) is 8.55. The highest BCUT2D eigenvalue weighted by atomic mass is 32.2. The summed E-state index contributed by atoms with van der Waals surface area (Å²) < 4.78 is 30.7. The molecule has 1 saturated heterocycles. The zero-order valence-electron chi connectivity index (χ0n) is 15.5. The van der Waals surface area contributed by atoms with Gasteiger partial charge in [0.2, 0.25) is 10.0 Å². The third kappa shape index (κ3) is 5.08. The number of hydrogen-bond acceptors (Lipinski definition) is 4. The first kappa shape index (κ1) is 19.4. The van der Waals surface area contributed by atoms with E-state index in [4.69, 9.17) is 4.74 Å². The Kier molecular flexibility index (Phi) is 5.82. The summed E-state index contributed by atoms with van der Waals surface area (Å²) in [6.07, 6.45) is 2.64. The summed E-state index contributed by atoms with van der Waals surface area (Å²) in [7, 11) is -3.34. The summed E-state index contributed by atoms with van der Waals surface area (Å²) >= 11 is 0. The van der Waals surface area contributed by atoms with Gasteiger partial charge in [0.15, 0.2) is 0 Å². The van der Waals surface area contributed by atoms with Crippen molar-refractivity contribution in [1.82, 2.24) is 0 Å². The van der Waals surface area contributed by atoms with Crippen LogP contribution in [0.4, 0.5) is 11.4 Å². The lowest BCUT2D eigenvalue weighted by molar-refractivity contribution is 0.0772. The van der Waals surface area contributed by atoms with Crippen LogP contribution in [0.5, 0.6) is 0 Å². The van der Waals surface area contributed by atoms with Crippen molar-refractivity contribution in [2.45, 2.75) is 25.8 Å². The molecule has 27 heavy (non-hydrogen) atoms. The summed E-state index contributed by atoms with van der Waals surface area (Å²) in [6.45, 7) is 3.23. The Bertz CT molecular complexity index is 887. The highest BCUT2D eigenvalue weighted by Gasteiger charge is 2.28. The molecule has 2 aromatic carbocycles. The maximum Gasteiger partial charge on any atom is 0.258 e. The number of benzene rings is 2. The molecule has 1 fully saturated rings. The molecule has 0 spiro atoms. The fourth-order valence-electron chi connectivity index (χ4n) is 3.18. The van der Waals surface area contributed by atoms with Crippen LogP contribution in [0, 0.1) is 6.92 Å². The van der Waals surface area contributed by atoms with E-state index in [9.17, 15) is 13.2 Å². The van der Waals surface area contributed by atoms with E-state index in [0.29, 0.717) is 24.5 Å². The minimum atomic E-state index is -3.34. The zero-order chi connectivity index (χ0) is 19.4. The number of aryl methyl sites for hydroxylation is 1. The second kappa shape index (κ2) is 8.10. The van der Waals surface area contributed by atoms with Crippen LogP contribution in [0.2, 0.25) is 0 Å². The van der Waals surface area contributed by atoms with Gasteiger partial charge in [-0.25, -0.2) is 8.42 Å². The third-order valence-corrected chi connectivity index (χ3v) is 5.13. The molecule has 0 unspecified atom stereocenters. The Morgan fingerprint density at radius 1 is 1.04 bits per heavy atom. The van der Waals surface area contributed by atoms with E-state index >= 15 is 0 Å². The predicted molar refractivity (Wildman–Crippen MR) is 107 cm³/mol. The van der Waals surface area contributed by atoms with Crippen LogP contribution in [0.1, 0.15) is 28.8 Å². The van der Waals surface area contributed by atoms with Gasteiger partial charge in [-0.15, -0.1) is 0 Å². The fourth-order valence-corrected chi connectivity index (χ4v) is 3.74. The van der Waals surface area contributed by atoms with Gasteiger partial charge >= 0.3 is 0 Å². The van der Waals surface area contributed by atoms with Crippen molar-refractivity contribution in [2.24, 2.45) is 0 Å². The van der Waals surface area contributed by atoms with Crippen LogP contribution in [0.25, 0.3) is 0 Å². The van der Waals surface area contributed by atoms with E-state index in [1.807, 2.05) is 31.2 Å². The molecule has 0 aromatic heterocycles. The highest BCUT2D eigenvalue weighted by Crippen LogP contribution is 2.27. The molecular formula is C20H24N2O4S. The summed E-state index contributed by atoms with van der Waals surface area (Å²) in [5.41, 5.74) is 2.94. The van der Waals surface area contributed by atoms with E-state index in [2.05, 4.69) is 4.72 Å². The van der Waals surface area contributed by atoms with E-state index in [-0.39, 0.29) is 11.9 Å². The Hall–Kier alpha value is -2.38. The molecular weight excluding hydrogens is 364 g/mol. The van der Waals surface area contributed by atoms with Crippen LogP contribution >= 0.6 is 0 Å². The number of anilines is 2. The topological polar surface area (TPSA) is 75.7 Å². The summed E-state index contributed by atoms with van der Waals surface area (Å²) in [6, 6.07) is 14.5. The van der Waals surface area contributed by atoms with Crippen molar-refractivity contribution in [3.05, 3.63) is 59.7 Å². The molecule has 0 bridgehead atoms. The smallest absolute Gasteiger partial charge is 0.258 e. The van der Waals surface area contributed by atoms with Gasteiger partial charge in [-0.3, -0.25) is 9.52 Å². The van der Waals surface area contributed by atoms with E-state index < -0.39 is 10.0 Å². The average Bonchev–Trinajstić information content (AvgIpc) is 2.63. The summed E-state index contributed by atoms with van der Waals surface area (Å²) in [5, 5.41) is 0. The number of amides is 1. The van der Waals surface area contributed by atoms with Crippen molar-refractivity contribution >= 4 is 27.3 Å². The molecule has 1 N–H and O–H groups in total. The predicted octanol–water partition coefficient (Wildman–Crippen LogP) is 3.19. The fraction of sp³-hybridized carbons (Fsp3) is 0.350. The SMILES string of the molecule is Cc1ccc(C(=O)N(c2ccc(NS(C)(=O)=O)cc2)C2CCOCC2)cc1. The van der Waals surface area contributed by atoms with E-state index in [1.165, 1.54) is 0 Å². The number of nitrogens with one attached hydrogen (secondary N) is 1. The molecule has 6 nitrogen and oxygen atoms in total. The second-order valence-electron chi connectivity index (χ2n) is 6.81. The van der Waals surface area contributed by atoms with Crippen LogP contribution in [-0.2, 0) is 14.8 Å². The molecule has 1 heterocycles. The summed E-state index contributed by atoms with van der Waals surface area (Å²) in [5.74, 6) is -0.0641. The molecule has 0 radical (unpaired) electrons. The number of nitrogens with zero attached hydrogens (tertiary/aromatic N) is 1. The van der Waals surface area contributed by atoms with Gasteiger partial charge in [-0.1, -0.05) is 17.7 Å². The van der Waals surface area contributed by atoms with Crippen molar-refractivity contribution in [2.75, 3.05) is 29.1 Å². The molecule has 1 amide bonds. The highest BCUT2D eigenvalue weighted by molar-refractivity contribution is 7.92. The minimum absolute atomic E-state index is 0.0428. The Morgan fingerprint density at radius 3 is 2.19 bits per heavy atom. The largest absolute Gasteiger partial charge is 0.381 e. The maximum absolute atomic E-state index is 13.2. The third-order valence-electron chi connectivity index (χ3n) is 4.52. The molecule has 144 valence electrons. The van der Waals surface area contributed by atoms with E-state index in [1.54, 1.807) is 29.2 Å². The van der Waals surface area contributed by atoms with Crippen molar-refractivity contribution in [3.63, 3.8) is 0 Å². The van der Waals surface area contributed by atoms with Gasteiger partial charge in [-0.2, -0.15) is 0 Å². The van der Waals surface area contributed by atoms with Crippen molar-refractivity contribution < 1.29 is 17.9 Å². The average molecular weight is 388 g/mol. The standard InChI is InChI=1S/C20H24N2O4S/c1-15-3-5-16(6-4-15)20(23)22(19-11-13-26-14-12-19)18-9-7-17(8-10-18)21-27(2,24)25/h3-10,19,21H,11-14H2,1-2H3. The van der Waals surface area contributed by atoms with Gasteiger partial charge in [0.25, 0.3) is 5.91 Å². The molecule has 0 aliphatic carbocycles. The van der Waals surface area contributed by atoms with E-state index in [0.717, 1.165) is 30.3 Å². The number of hydrogen-bond donors (Lipinski definition) is 1. The van der Waals surface area contributed by atoms with Crippen molar-refractivity contribution in [3.8, 4) is 0 Å². The summed E-state index contributed by atoms with van der Waals surface area (Å²) in [4.78, 5) is 15.0. The van der Waals surface area contributed by atoms with Crippen molar-refractivity contribution in [1.29, 1.82) is 0 Å². The van der Waals surface area contributed by atoms with Gasteiger partial charge in [-0.05, 0) is 56.2 Å². The minimum Gasteiger partial charge on any atom is -0.381 e. The molecule has 1 aliphatic rings. The number of carbonyl (C=O) groups is 1. The van der Waals surface area contributed by atoms with Crippen LogP contribution < -0.4 is 9.62 Å². The lowest BCUT2D eigenvalue weighted by atomic mass is 10.0. The maximum atomic E-state index is 13.2.